The minimum absolute atomic E-state index is 0.0781. The number of hydrogen-bond donors (Lipinski definition) is 2. The summed E-state index contributed by atoms with van der Waals surface area (Å²) >= 11 is 5.85. The summed E-state index contributed by atoms with van der Waals surface area (Å²) in [7, 11) is 0. The molecule has 4 heteroatoms. The topological polar surface area (TPSA) is 38.0 Å². The molecule has 0 aliphatic heterocycles. The molecule has 2 rings (SSSR count). The second-order valence-corrected chi connectivity index (χ2v) is 5.35. The van der Waals surface area contributed by atoms with Crippen molar-refractivity contribution in [1.29, 1.82) is 0 Å². The van der Waals surface area contributed by atoms with Gasteiger partial charge in [0.15, 0.2) is 0 Å². The van der Waals surface area contributed by atoms with Crippen LogP contribution in [0.15, 0.2) is 18.2 Å². The van der Waals surface area contributed by atoms with Gasteiger partial charge in [-0.1, -0.05) is 30.7 Å². The van der Waals surface area contributed by atoms with E-state index in [0.717, 1.165) is 6.42 Å². The van der Waals surface area contributed by atoms with E-state index in [2.05, 4.69) is 12.2 Å². The molecule has 1 aromatic carbocycles. The van der Waals surface area contributed by atoms with Crippen molar-refractivity contribution < 1.29 is 4.39 Å². The molecule has 1 fully saturated rings. The van der Waals surface area contributed by atoms with Gasteiger partial charge in [-0.25, -0.2) is 4.39 Å². The Bertz CT molecular complexity index is 407. The zero-order valence-corrected chi connectivity index (χ0v) is 11.4. The van der Waals surface area contributed by atoms with E-state index in [4.69, 9.17) is 17.3 Å². The predicted octanol–water partition coefficient (Wildman–Crippen LogP) is 3.05. The fraction of sp³-hybridized carbons (Fsp3) is 0.571. The number of nitrogens with two attached hydrogens (primary N) is 1. The van der Waals surface area contributed by atoms with Crippen molar-refractivity contribution in [2.45, 2.75) is 44.2 Å². The largest absolute Gasteiger partial charge is 0.329 e. The third-order valence-electron chi connectivity index (χ3n) is 3.59. The molecule has 0 spiro atoms. The van der Waals surface area contributed by atoms with E-state index in [1.807, 2.05) is 6.07 Å². The summed E-state index contributed by atoms with van der Waals surface area (Å²) in [6, 6.07) is 5.88. The monoisotopic (exact) mass is 270 g/mol. The Morgan fingerprint density at radius 1 is 1.50 bits per heavy atom. The van der Waals surface area contributed by atoms with Crippen LogP contribution in [-0.2, 0) is 0 Å². The minimum atomic E-state index is -0.304. The van der Waals surface area contributed by atoms with E-state index < -0.39 is 0 Å². The normalized spacial score (nSPS) is 18.7. The summed E-state index contributed by atoms with van der Waals surface area (Å²) in [5.74, 6) is -0.226. The number of hydrogen-bond acceptors (Lipinski definition) is 2. The number of nitrogens with one attached hydrogen (secondary N) is 1. The fourth-order valence-corrected chi connectivity index (χ4v) is 2.61. The molecule has 1 aliphatic rings. The van der Waals surface area contributed by atoms with Gasteiger partial charge in [0.25, 0.3) is 0 Å². The van der Waals surface area contributed by atoms with Gasteiger partial charge in [-0.2, -0.15) is 0 Å². The van der Waals surface area contributed by atoms with E-state index in [1.54, 1.807) is 12.1 Å². The summed E-state index contributed by atoms with van der Waals surface area (Å²) in [6.45, 7) is 2.57. The predicted molar refractivity (Wildman–Crippen MR) is 73.4 cm³/mol. The molecular weight excluding hydrogens is 251 g/mol. The molecule has 2 unspecified atom stereocenters. The zero-order chi connectivity index (χ0) is 13.1. The van der Waals surface area contributed by atoms with Gasteiger partial charge in [-0.3, -0.25) is 0 Å². The summed E-state index contributed by atoms with van der Waals surface area (Å²) in [4.78, 5) is 0. The SMILES string of the molecule is CCC(c1cccc(Cl)c1F)C(CN)NC1CC1. The van der Waals surface area contributed by atoms with Gasteiger partial charge < -0.3 is 11.1 Å². The molecule has 1 saturated carbocycles. The lowest BCUT2D eigenvalue weighted by Gasteiger charge is -2.27. The van der Waals surface area contributed by atoms with Crippen molar-refractivity contribution in [3.63, 3.8) is 0 Å². The molecule has 2 nitrogen and oxygen atoms in total. The fourth-order valence-electron chi connectivity index (χ4n) is 2.43. The highest BCUT2D eigenvalue weighted by molar-refractivity contribution is 6.30. The summed E-state index contributed by atoms with van der Waals surface area (Å²) < 4.78 is 14.1. The van der Waals surface area contributed by atoms with Crippen molar-refractivity contribution in [3.05, 3.63) is 34.6 Å². The highest BCUT2D eigenvalue weighted by atomic mass is 35.5. The molecule has 1 aliphatic carbocycles. The van der Waals surface area contributed by atoms with E-state index in [9.17, 15) is 4.39 Å². The van der Waals surface area contributed by atoms with Crippen molar-refractivity contribution in [1.82, 2.24) is 5.32 Å². The van der Waals surface area contributed by atoms with Crippen molar-refractivity contribution in [3.8, 4) is 0 Å². The molecule has 1 aromatic rings. The molecule has 0 amide bonds. The molecule has 0 saturated heterocycles. The van der Waals surface area contributed by atoms with Crippen LogP contribution in [0.4, 0.5) is 4.39 Å². The van der Waals surface area contributed by atoms with Gasteiger partial charge in [0, 0.05) is 24.5 Å². The summed E-state index contributed by atoms with van der Waals surface area (Å²) in [6.07, 6.45) is 3.24. The van der Waals surface area contributed by atoms with Crippen LogP contribution in [0.1, 0.15) is 37.7 Å². The molecule has 100 valence electrons. The highest BCUT2D eigenvalue weighted by Crippen LogP contribution is 2.31. The molecule has 0 radical (unpaired) electrons. The number of halogens is 2. The smallest absolute Gasteiger partial charge is 0.145 e. The summed E-state index contributed by atoms with van der Waals surface area (Å²) in [5, 5.41) is 3.69. The molecule has 0 bridgehead atoms. The van der Waals surface area contributed by atoms with Crippen LogP contribution in [0.25, 0.3) is 0 Å². The van der Waals surface area contributed by atoms with E-state index >= 15 is 0 Å². The van der Waals surface area contributed by atoms with Gasteiger partial charge in [0.2, 0.25) is 0 Å². The van der Waals surface area contributed by atoms with Crippen molar-refractivity contribution >= 4 is 11.6 Å². The second kappa shape index (κ2) is 6.00. The molecule has 18 heavy (non-hydrogen) atoms. The lowest BCUT2D eigenvalue weighted by Crippen LogP contribution is -2.42. The van der Waals surface area contributed by atoms with Crippen LogP contribution in [0.2, 0.25) is 5.02 Å². The quantitative estimate of drug-likeness (QED) is 0.834. The van der Waals surface area contributed by atoms with Crippen molar-refractivity contribution in [2.24, 2.45) is 5.73 Å². The first kappa shape index (κ1) is 13.8. The van der Waals surface area contributed by atoms with Crippen molar-refractivity contribution in [2.75, 3.05) is 6.54 Å². The van der Waals surface area contributed by atoms with E-state index in [0.29, 0.717) is 18.2 Å². The van der Waals surface area contributed by atoms with E-state index in [1.165, 1.54) is 12.8 Å². The molecule has 2 atom stereocenters. The Hall–Kier alpha value is -0.640. The average molecular weight is 271 g/mol. The Morgan fingerprint density at radius 3 is 2.78 bits per heavy atom. The van der Waals surface area contributed by atoms with Gasteiger partial charge >= 0.3 is 0 Å². The van der Waals surface area contributed by atoms with Gasteiger partial charge in [-0.05, 0) is 30.9 Å². The van der Waals surface area contributed by atoms with E-state index in [-0.39, 0.29) is 22.8 Å². The Labute approximate surface area is 113 Å². The van der Waals surface area contributed by atoms with Crippen LogP contribution in [0, 0.1) is 5.82 Å². The number of benzene rings is 1. The van der Waals surface area contributed by atoms with Crippen LogP contribution in [0.3, 0.4) is 0 Å². The summed E-state index contributed by atoms with van der Waals surface area (Å²) in [5.41, 5.74) is 6.51. The molecule has 0 heterocycles. The molecule has 0 aromatic heterocycles. The van der Waals surface area contributed by atoms with Crippen LogP contribution < -0.4 is 11.1 Å². The van der Waals surface area contributed by atoms with Crippen LogP contribution in [0.5, 0.6) is 0 Å². The molecule has 3 N–H and O–H groups in total. The number of rotatable bonds is 6. The second-order valence-electron chi connectivity index (χ2n) is 4.94. The van der Waals surface area contributed by atoms with Gasteiger partial charge in [-0.15, -0.1) is 0 Å². The third-order valence-corrected chi connectivity index (χ3v) is 3.88. The Morgan fingerprint density at radius 2 is 2.22 bits per heavy atom. The van der Waals surface area contributed by atoms with Gasteiger partial charge in [0.1, 0.15) is 5.82 Å². The first-order valence-electron chi connectivity index (χ1n) is 6.57. The first-order chi connectivity index (χ1) is 8.67. The Kier molecular flexibility index (Phi) is 4.60. The van der Waals surface area contributed by atoms with Crippen LogP contribution in [-0.4, -0.2) is 18.6 Å². The first-order valence-corrected chi connectivity index (χ1v) is 6.95. The maximum atomic E-state index is 14.1. The van der Waals surface area contributed by atoms with Crippen LogP contribution >= 0.6 is 11.6 Å². The standard InChI is InChI=1S/C14H20ClFN2/c1-2-10(13(8-17)18-9-6-7-9)11-4-3-5-12(15)14(11)16/h3-5,9-10,13,18H,2,6-8,17H2,1H3. The van der Waals surface area contributed by atoms with Gasteiger partial charge in [0.05, 0.1) is 5.02 Å². The minimum Gasteiger partial charge on any atom is -0.329 e. The Balaban J connectivity index is 2.21. The maximum absolute atomic E-state index is 14.1. The zero-order valence-electron chi connectivity index (χ0n) is 10.6. The highest BCUT2D eigenvalue weighted by Gasteiger charge is 2.30. The lowest BCUT2D eigenvalue weighted by atomic mass is 9.88. The lowest BCUT2D eigenvalue weighted by molar-refractivity contribution is 0.414. The average Bonchev–Trinajstić information content (AvgIpc) is 3.17. The third kappa shape index (κ3) is 3.02. The molecular formula is C14H20ClFN2. The maximum Gasteiger partial charge on any atom is 0.145 e.